The average molecular weight is 406 g/mol. The number of benzene rings is 1. The molecule has 0 saturated carbocycles. The Kier molecular flexibility index (Phi) is 15.4. The molecule has 1 aliphatic heterocycles. The van der Waals surface area contributed by atoms with Gasteiger partial charge in [-0.15, -0.1) is 0 Å². The van der Waals surface area contributed by atoms with E-state index in [2.05, 4.69) is 6.08 Å². The molecule has 0 aliphatic carbocycles. The predicted molar refractivity (Wildman–Crippen MR) is 60.8 cm³/mol. The Morgan fingerprint density at radius 3 is 2.43 bits per heavy atom. The van der Waals surface area contributed by atoms with Gasteiger partial charge < -0.3 is 4.74 Å². The number of ether oxygens (including phenoxy) is 1. The number of hydrogen-bond donors (Lipinski definition) is 0. The first-order valence-electron chi connectivity index (χ1n) is 3.35. The zero-order valence-electron chi connectivity index (χ0n) is 7.23. The Hall–Kier alpha value is 1.03. The minimum atomic E-state index is 0. The van der Waals surface area contributed by atoms with Crippen LogP contribution in [0.4, 0.5) is 0 Å². The topological polar surface area (TPSA) is 9.23 Å². The van der Waals surface area contributed by atoms with Crippen molar-refractivity contribution in [3.63, 3.8) is 0 Å². The molecule has 1 aromatic rings. The van der Waals surface area contributed by atoms with E-state index in [0.717, 1.165) is 5.75 Å². The molecule has 1 aliphatic rings. The van der Waals surface area contributed by atoms with E-state index in [9.17, 15) is 0 Å². The van der Waals surface area contributed by atoms with Crippen LogP contribution in [0, 0.1) is 0 Å². The van der Waals surface area contributed by atoms with E-state index in [1.165, 1.54) is 5.56 Å². The monoisotopic (exact) mass is 407 g/mol. The molecule has 0 aromatic heterocycles. The van der Waals surface area contributed by atoms with Gasteiger partial charge in [0.2, 0.25) is 0 Å². The van der Waals surface area contributed by atoms with Gasteiger partial charge in [0.15, 0.2) is 0 Å². The maximum atomic E-state index is 5.34. The molecule has 14 heavy (non-hydrogen) atoms. The summed E-state index contributed by atoms with van der Waals surface area (Å²) in [7, 11) is 0. The predicted octanol–water partition coefficient (Wildman–Crippen LogP) is -0.281. The third-order valence-corrected chi connectivity index (χ3v) is 1.55. The molecule has 0 unspecified atom stereocenters. The second-order valence-electron chi connectivity index (χ2n) is 2.25. The Morgan fingerprint density at radius 1 is 1.14 bits per heavy atom. The van der Waals surface area contributed by atoms with Crippen molar-refractivity contribution in [3.8, 4) is 5.75 Å². The molecule has 0 bridgehead atoms. The van der Waals surface area contributed by atoms with Crippen molar-refractivity contribution in [1.29, 1.82) is 0 Å². The van der Waals surface area contributed by atoms with Crippen molar-refractivity contribution >= 4 is 40.7 Å². The van der Waals surface area contributed by atoms with E-state index in [1.807, 2.05) is 30.3 Å². The van der Waals surface area contributed by atoms with Gasteiger partial charge in [-0.05, 0) is 12.1 Å². The Bertz CT molecular complexity index is 283. The molecule has 1 aromatic carbocycles. The summed E-state index contributed by atoms with van der Waals surface area (Å²) in [6.45, 7) is 0.705. The van der Waals surface area contributed by atoms with Gasteiger partial charge in [-0.1, -0.05) is 24.3 Å². The third-order valence-electron chi connectivity index (χ3n) is 1.55. The van der Waals surface area contributed by atoms with Crippen LogP contribution in [-0.4, -0.2) is 41.3 Å². The fourth-order valence-electron chi connectivity index (χ4n) is 1.06. The largest absolute Gasteiger partial charge is 0 e. The smallest absolute Gasteiger partial charge is 0 e. The van der Waals surface area contributed by atoms with Crippen molar-refractivity contribution in [3.05, 3.63) is 35.9 Å². The van der Waals surface area contributed by atoms with Crippen molar-refractivity contribution in [2.24, 2.45) is 0 Å². The summed E-state index contributed by atoms with van der Waals surface area (Å²) in [6.07, 6.45) is 4.10. The van der Waals surface area contributed by atoms with Crippen LogP contribution in [0.25, 0.3) is 6.08 Å². The number of hydrogen-bond acceptors (Lipinski definition) is 1. The molecule has 0 saturated heterocycles. The molecule has 0 fully saturated rings. The zero-order chi connectivity index (χ0) is 6.81. The maximum Gasteiger partial charge on any atom is 0 e. The van der Waals surface area contributed by atoms with E-state index < -0.39 is 0 Å². The van der Waals surface area contributed by atoms with Crippen LogP contribution < -0.4 is 4.74 Å². The van der Waals surface area contributed by atoms with Crippen molar-refractivity contribution < 1.29 is 42.8 Å². The Morgan fingerprint density at radius 2 is 1.79 bits per heavy atom. The van der Waals surface area contributed by atoms with Crippen molar-refractivity contribution in [2.45, 2.75) is 0 Å². The SMILES string of the molecule is C1=Cc2ccccc2OC1.[GeH4].[SeH2].[V].[Zn]. The average Bonchev–Trinajstić information content (AvgIpc) is 2.05. The second-order valence-corrected chi connectivity index (χ2v) is 2.25. The van der Waals surface area contributed by atoms with Crippen LogP contribution >= 0.6 is 0 Å². The van der Waals surface area contributed by atoms with Gasteiger partial charge >= 0.3 is 34.7 Å². The summed E-state index contributed by atoms with van der Waals surface area (Å²) < 4.78 is 5.34. The van der Waals surface area contributed by atoms with E-state index in [4.69, 9.17) is 4.74 Å². The van der Waals surface area contributed by atoms with Crippen LogP contribution in [0.1, 0.15) is 5.56 Å². The minimum absolute atomic E-state index is 0. The number of para-hydroxylation sites is 1. The first-order valence-corrected chi connectivity index (χ1v) is 3.35. The zero-order valence-corrected chi connectivity index (χ0v) is 13.7. The molecule has 73 valence electrons. The van der Waals surface area contributed by atoms with Gasteiger partial charge in [0.25, 0.3) is 0 Å². The van der Waals surface area contributed by atoms with Gasteiger partial charge in [0.05, 0.1) is 0 Å². The second kappa shape index (κ2) is 10.5. The number of rotatable bonds is 0. The fourth-order valence-corrected chi connectivity index (χ4v) is 1.06. The summed E-state index contributed by atoms with van der Waals surface area (Å²) in [5.74, 6) is 0.991. The van der Waals surface area contributed by atoms with E-state index in [0.29, 0.717) is 6.61 Å². The third kappa shape index (κ3) is 5.21. The molecular formula is C9H14GeOSeVZn. The van der Waals surface area contributed by atoms with Crippen LogP contribution in [0.5, 0.6) is 5.75 Å². The molecule has 0 N–H and O–H groups in total. The molecule has 2 rings (SSSR count). The summed E-state index contributed by atoms with van der Waals surface area (Å²) in [5.41, 5.74) is 1.17. The van der Waals surface area contributed by atoms with Gasteiger partial charge in [0.1, 0.15) is 12.4 Å². The van der Waals surface area contributed by atoms with Crippen LogP contribution in [0.2, 0.25) is 0 Å². The molecular weight excluding hydrogens is 392 g/mol. The van der Waals surface area contributed by atoms with Crippen molar-refractivity contribution in [1.82, 2.24) is 0 Å². The van der Waals surface area contributed by atoms with Crippen molar-refractivity contribution in [2.75, 3.05) is 6.61 Å². The summed E-state index contributed by atoms with van der Waals surface area (Å²) in [5, 5.41) is 0. The normalized spacial score (nSPS) is 10.0. The summed E-state index contributed by atoms with van der Waals surface area (Å²) in [6, 6.07) is 8.03. The quantitative estimate of drug-likeness (QED) is 0.539. The van der Waals surface area contributed by atoms with Crippen LogP contribution in [-0.2, 0) is 38.0 Å². The minimum Gasteiger partial charge on any atom is 0 e. The fraction of sp³-hybridized carbons (Fsp3) is 0.111. The Balaban J connectivity index is -0.000000302. The summed E-state index contributed by atoms with van der Waals surface area (Å²) >= 11 is 0. The van der Waals surface area contributed by atoms with E-state index in [-0.39, 0.29) is 72.7 Å². The molecule has 1 heterocycles. The van der Waals surface area contributed by atoms with E-state index >= 15 is 0 Å². The first kappa shape index (κ1) is 20.4. The Labute approximate surface area is 131 Å². The summed E-state index contributed by atoms with van der Waals surface area (Å²) in [4.78, 5) is 0. The number of fused-ring (bicyclic) bond motifs is 1. The van der Waals surface area contributed by atoms with Crippen LogP contribution in [0.3, 0.4) is 0 Å². The maximum absolute atomic E-state index is 5.34. The standard InChI is InChI=1S/C9H8O.GeH4.H2Se.V.Zn/c1-2-6-9-8(4-1)5-3-7-10-9;;;;/h1-6H,7H2;1H4;1H2;;. The molecule has 0 spiro atoms. The molecule has 0 amide bonds. The van der Waals surface area contributed by atoms with E-state index in [1.54, 1.807) is 0 Å². The molecule has 0 atom stereocenters. The van der Waals surface area contributed by atoms with Gasteiger partial charge in [-0.3, -0.25) is 0 Å². The first-order chi connectivity index (χ1) is 4.97. The molecule has 1 radical (unpaired) electrons. The van der Waals surface area contributed by atoms with Gasteiger partial charge in [0, 0.05) is 43.6 Å². The molecule has 1 nitrogen and oxygen atoms in total. The van der Waals surface area contributed by atoms with Gasteiger partial charge in [-0.2, -0.15) is 0 Å². The van der Waals surface area contributed by atoms with Gasteiger partial charge in [-0.25, -0.2) is 0 Å². The molecule has 5 heteroatoms. The van der Waals surface area contributed by atoms with Crippen LogP contribution in [0.15, 0.2) is 30.3 Å².